The Hall–Kier alpha value is -1.16. The summed E-state index contributed by atoms with van der Waals surface area (Å²) in [6.45, 7) is 0. The van der Waals surface area contributed by atoms with Crippen LogP contribution in [0.3, 0.4) is 0 Å². The summed E-state index contributed by atoms with van der Waals surface area (Å²) >= 11 is 0. The van der Waals surface area contributed by atoms with E-state index in [1.165, 1.54) is 0 Å². The third-order valence-corrected chi connectivity index (χ3v) is 1.77. The lowest BCUT2D eigenvalue weighted by atomic mass is 9.52. The second-order valence-electron chi connectivity index (χ2n) is 3.10. The van der Waals surface area contributed by atoms with Gasteiger partial charge in [-0.05, 0) is 5.56 Å². The molecular formula is C8H9B2N. The minimum absolute atomic E-state index is 0.360. The summed E-state index contributed by atoms with van der Waals surface area (Å²) in [5, 5.41) is 8.44. The fraction of sp³-hybridized carbons (Fsp3) is 0.125. The van der Waals surface area contributed by atoms with Gasteiger partial charge in [-0.15, -0.1) is 0 Å². The molecule has 1 rings (SSSR count). The molecule has 0 radical (unpaired) electrons. The summed E-state index contributed by atoms with van der Waals surface area (Å²) in [4.78, 5) is 0. The quantitative estimate of drug-likeness (QED) is 0.489. The normalized spacial score (nSPS) is 10.5. The minimum atomic E-state index is -0.360. The van der Waals surface area contributed by atoms with Crippen molar-refractivity contribution in [1.82, 2.24) is 0 Å². The van der Waals surface area contributed by atoms with Crippen LogP contribution in [0.2, 0.25) is 0 Å². The van der Waals surface area contributed by atoms with E-state index in [1.807, 2.05) is 46.0 Å². The second-order valence-corrected chi connectivity index (χ2v) is 3.10. The Morgan fingerprint density at radius 3 is 2.18 bits per heavy atom. The highest BCUT2D eigenvalue weighted by Gasteiger charge is 2.18. The molecule has 0 spiro atoms. The van der Waals surface area contributed by atoms with Crippen LogP contribution in [-0.4, -0.2) is 15.7 Å². The van der Waals surface area contributed by atoms with Crippen molar-refractivity contribution >= 4 is 15.7 Å². The number of nitriles is 1. The summed E-state index contributed by atoms with van der Waals surface area (Å²) in [7, 11) is 3.84. The van der Waals surface area contributed by atoms with Gasteiger partial charge in [0, 0.05) is 5.21 Å². The van der Waals surface area contributed by atoms with E-state index in [4.69, 9.17) is 5.26 Å². The zero-order valence-electron chi connectivity index (χ0n) is 6.83. The van der Waals surface area contributed by atoms with Gasteiger partial charge in [-0.25, -0.2) is 0 Å². The molecule has 0 saturated heterocycles. The Morgan fingerprint density at radius 1 is 1.18 bits per heavy atom. The second kappa shape index (κ2) is 2.84. The van der Waals surface area contributed by atoms with Gasteiger partial charge in [-0.2, -0.15) is 5.26 Å². The Balaban J connectivity index is 3.05. The summed E-state index contributed by atoms with van der Waals surface area (Å²) in [6, 6.07) is 12.1. The van der Waals surface area contributed by atoms with Crippen molar-refractivity contribution in [3.63, 3.8) is 0 Å². The summed E-state index contributed by atoms with van der Waals surface area (Å²) in [6.07, 6.45) is 0. The van der Waals surface area contributed by atoms with E-state index < -0.39 is 0 Å². The van der Waals surface area contributed by atoms with Gasteiger partial charge in [0.05, 0.1) is 6.07 Å². The third kappa shape index (κ3) is 1.65. The Kier molecular flexibility index (Phi) is 2.05. The van der Waals surface area contributed by atoms with E-state index in [0.29, 0.717) is 0 Å². The summed E-state index contributed by atoms with van der Waals surface area (Å²) in [5.41, 5.74) is 1.07. The molecule has 0 aliphatic heterocycles. The molecule has 0 N–H and O–H groups in total. The van der Waals surface area contributed by atoms with Crippen molar-refractivity contribution in [3.05, 3.63) is 35.9 Å². The third-order valence-electron chi connectivity index (χ3n) is 1.77. The van der Waals surface area contributed by atoms with Gasteiger partial charge < -0.3 is 0 Å². The highest BCUT2D eigenvalue weighted by atomic mass is 14.3. The van der Waals surface area contributed by atoms with Crippen molar-refractivity contribution in [2.24, 2.45) is 0 Å². The molecular weight excluding hydrogens is 132 g/mol. The zero-order chi connectivity index (χ0) is 8.32. The molecule has 52 valence electrons. The molecule has 0 unspecified atom stereocenters. The van der Waals surface area contributed by atoms with Gasteiger partial charge in [0.15, 0.2) is 0 Å². The van der Waals surface area contributed by atoms with Crippen LogP contribution in [0.1, 0.15) is 5.56 Å². The molecule has 1 nitrogen and oxygen atoms in total. The van der Waals surface area contributed by atoms with Crippen LogP contribution in [0.4, 0.5) is 0 Å². The van der Waals surface area contributed by atoms with Gasteiger partial charge >= 0.3 is 0 Å². The predicted molar refractivity (Wildman–Crippen MR) is 50.8 cm³/mol. The SMILES string of the molecule is BC(B)(C#N)c1ccccc1. The van der Waals surface area contributed by atoms with Crippen LogP contribution >= 0.6 is 0 Å². The molecule has 0 aromatic heterocycles. The van der Waals surface area contributed by atoms with Crippen LogP contribution in [0, 0.1) is 11.3 Å². The van der Waals surface area contributed by atoms with Crippen molar-refractivity contribution < 1.29 is 0 Å². The average molecular weight is 141 g/mol. The van der Waals surface area contributed by atoms with Gasteiger partial charge in [0.2, 0.25) is 0 Å². The predicted octanol–water partition coefficient (Wildman–Crippen LogP) is -0.371. The molecule has 11 heavy (non-hydrogen) atoms. The molecule has 0 bridgehead atoms. The fourth-order valence-electron chi connectivity index (χ4n) is 0.919. The number of hydrogen-bond acceptors (Lipinski definition) is 1. The van der Waals surface area contributed by atoms with E-state index in [2.05, 4.69) is 6.07 Å². The van der Waals surface area contributed by atoms with Crippen LogP contribution in [0.15, 0.2) is 30.3 Å². The summed E-state index contributed by atoms with van der Waals surface area (Å²) < 4.78 is 0. The van der Waals surface area contributed by atoms with Crippen molar-refractivity contribution in [1.29, 1.82) is 5.26 Å². The van der Waals surface area contributed by atoms with Gasteiger partial charge in [-0.1, -0.05) is 30.3 Å². The standard InChI is InChI=1S/C8H9B2N/c9-8(10,6-11)7-4-2-1-3-5-7/h1-5H,9-10H2. The van der Waals surface area contributed by atoms with E-state index in [0.717, 1.165) is 5.56 Å². The van der Waals surface area contributed by atoms with E-state index in [1.54, 1.807) is 0 Å². The number of rotatable bonds is 1. The molecule has 0 heterocycles. The van der Waals surface area contributed by atoms with Gasteiger partial charge in [-0.3, -0.25) is 0 Å². The zero-order valence-corrected chi connectivity index (χ0v) is 6.83. The van der Waals surface area contributed by atoms with E-state index in [-0.39, 0.29) is 5.21 Å². The molecule has 1 aromatic rings. The number of hydrogen-bond donors (Lipinski definition) is 0. The molecule has 1 aromatic carbocycles. The first-order valence-corrected chi connectivity index (χ1v) is 3.63. The Labute approximate surface area is 68.9 Å². The highest BCUT2D eigenvalue weighted by Crippen LogP contribution is 2.14. The van der Waals surface area contributed by atoms with Crippen molar-refractivity contribution in [2.75, 3.05) is 0 Å². The Bertz CT molecular complexity index is 274. The first-order valence-electron chi connectivity index (χ1n) is 3.63. The molecule has 0 amide bonds. The lowest BCUT2D eigenvalue weighted by molar-refractivity contribution is 1.11. The first-order chi connectivity index (χ1) is 5.17. The van der Waals surface area contributed by atoms with E-state index >= 15 is 0 Å². The lowest BCUT2D eigenvalue weighted by Crippen LogP contribution is -2.23. The van der Waals surface area contributed by atoms with E-state index in [9.17, 15) is 0 Å². The molecule has 0 aliphatic rings. The topological polar surface area (TPSA) is 23.8 Å². The lowest BCUT2D eigenvalue weighted by Gasteiger charge is -2.14. The molecule has 0 atom stereocenters. The van der Waals surface area contributed by atoms with Crippen LogP contribution in [0.5, 0.6) is 0 Å². The van der Waals surface area contributed by atoms with Gasteiger partial charge in [0.25, 0.3) is 0 Å². The molecule has 0 fully saturated rings. The maximum absolute atomic E-state index is 8.80. The average Bonchev–Trinajstić information content (AvgIpc) is 2.06. The van der Waals surface area contributed by atoms with Crippen LogP contribution in [0.25, 0.3) is 0 Å². The molecule has 0 aliphatic carbocycles. The first kappa shape index (κ1) is 7.94. The van der Waals surface area contributed by atoms with Gasteiger partial charge in [0.1, 0.15) is 15.7 Å². The fourth-order valence-corrected chi connectivity index (χ4v) is 0.919. The Morgan fingerprint density at radius 2 is 1.73 bits per heavy atom. The maximum atomic E-state index is 8.80. The smallest absolute Gasteiger partial charge is 0.122 e. The van der Waals surface area contributed by atoms with Crippen molar-refractivity contribution in [2.45, 2.75) is 5.21 Å². The number of nitrogens with zero attached hydrogens (tertiary/aromatic N) is 1. The minimum Gasteiger partial charge on any atom is -0.199 e. The van der Waals surface area contributed by atoms with Crippen LogP contribution < -0.4 is 0 Å². The number of benzene rings is 1. The largest absolute Gasteiger partial charge is 0.199 e. The highest BCUT2D eigenvalue weighted by molar-refractivity contribution is 6.42. The molecule has 3 heteroatoms. The van der Waals surface area contributed by atoms with Crippen molar-refractivity contribution in [3.8, 4) is 6.07 Å². The monoisotopic (exact) mass is 141 g/mol. The maximum Gasteiger partial charge on any atom is 0.122 e. The van der Waals surface area contributed by atoms with Crippen LogP contribution in [-0.2, 0) is 5.21 Å². The molecule has 0 saturated carbocycles. The summed E-state index contributed by atoms with van der Waals surface area (Å²) in [5.74, 6) is 0.